The van der Waals surface area contributed by atoms with Crippen LogP contribution in [-0.4, -0.2) is 11.7 Å². The van der Waals surface area contributed by atoms with E-state index in [4.69, 9.17) is 20.6 Å². The number of hydrogen-bond acceptors (Lipinski definition) is 2. The van der Waals surface area contributed by atoms with Crippen molar-refractivity contribution in [2.75, 3.05) is 0 Å². The van der Waals surface area contributed by atoms with Crippen LogP contribution < -0.4 is 0 Å². The molecule has 0 saturated heterocycles. The summed E-state index contributed by atoms with van der Waals surface area (Å²) in [5.74, 6) is 4.62. The van der Waals surface area contributed by atoms with E-state index >= 15 is 0 Å². The molecule has 0 atom stereocenters. The topological polar surface area (TPSA) is 52.9 Å². The van der Waals surface area contributed by atoms with Crippen molar-refractivity contribution in [1.82, 2.24) is 0 Å². The molecule has 6 aromatic carbocycles. The molecule has 360 valence electrons. The third-order valence-electron chi connectivity index (χ3n) is 12.3. The van der Waals surface area contributed by atoms with Gasteiger partial charge in [0.2, 0.25) is 0 Å². The van der Waals surface area contributed by atoms with Gasteiger partial charge in [0.15, 0.2) is 0 Å². The molecule has 0 unspecified atom stereocenters. The molecule has 68 heavy (non-hydrogen) atoms. The zero-order valence-corrected chi connectivity index (χ0v) is 47.9. The molecule has 6 rings (SSSR count). The zero-order valence-electron chi connectivity index (χ0n) is 43.9. The van der Waals surface area contributed by atoms with E-state index in [1.807, 2.05) is 12.1 Å². The second kappa shape index (κ2) is 27.1. The molecule has 6 aromatic rings. The van der Waals surface area contributed by atoms with Crippen molar-refractivity contribution in [3.05, 3.63) is 200 Å². The van der Waals surface area contributed by atoms with Crippen LogP contribution in [0.5, 0.6) is 0 Å². The summed E-state index contributed by atoms with van der Waals surface area (Å²) in [5.41, 5.74) is 16.5. The minimum Gasteiger partial charge on any atom is -0.435 e. The Bertz CT molecular complexity index is 2260. The Morgan fingerprint density at radius 2 is 0.485 bits per heavy atom. The largest absolute Gasteiger partial charge is 0.435 e. The second-order valence-corrected chi connectivity index (χ2v) is 20.2. The maximum atomic E-state index is 5.32. The summed E-state index contributed by atoms with van der Waals surface area (Å²) >= 11 is 0. The van der Waals surface area contributed by atoms with Gasteiger partial charge in [-0.3, -0.25) is 0 Å². The van der Waals surface area contributed by atoms with Crippen LogP contribution >= 0.6 is 0 Å². The maximum Gasteiger partial charge on any atom is 0 e. The normalized spacial score (nSPS) is 11.9. The second-order valence-electron chi connectivity index (χ2n) is 20.2. The summed E-state index contributed by atoms with van der Waals surface area (Å²) in [4.78, 5) is 10.6. The van der Waals surface area contributed by atoms with Gasteiger partial charge in [-0.1, -0.05) is 256 Å². The molecule has 0 aliphatic rings. The van der Waals surface area contributed by atoms with Gasteiger partial charge >= 0.3 is 0 Å². The Morgan fingerprint density at radius 1 is 0.279 bits per heavy atom. The number of aliphatic imine (C=N–C) groups is 2. The van der Waals surface area contributed by atoms with Gasteiger partial charge in [-0.25, -0.2) is 0 Å². The Kier molecular flexibility index (Phi) is 23.1. The molecule has 0 aliphatic heterocycles. The van der Waals surface area contributed by atoms with E-state index in [9.17, 15) is 0 Å². The Labute approximate surface area is 441 Å². The number of rotatable bonds is 14. The van der Waals surface area contributed by atoms with Crippen LogP contribution in [-0.2, 0) is 42.1 Å². The summed E-state index contributed by atoms with van der Waals surface area (Å²) in [6, 6.07) is 47.1. The molecule has 4 nitrogen and oxygen atoms in total. The molecule has 0 amide bonds. The molecule has 0 N–H and O–H groups in total. The first-order valence-electron chi connectivity index (χ1n) is 24.6. The van der Waals surface area contributed by atoms with Gasteiger partial charge in [0, 0.05) is 42.1 Å². The van der Waals surface area contributed by atoms with Crippen LogP contribution in [0.15, 0.2) is 143 Å². The first-order valence-corrected chi connectivity index (χ1v) is 24.6. The van der Waals surface area contributed by atoms with Gasteiger partial charge < -0.3 is 20.6 Å². The molecule has 0 heterocycles. The van der Waals surface area contributed by atoms with Crippen LogP contribution in [0.1, 0.15) is 214 Å². The molecule has 0 aromatic heterocycles. The van der Waals surface area contributed by atoms with Crippen molar-refractivity contribution < 1.29 is 42.1 Å². The van der Waals surface area contributed by atoms with Crippen molar-refractivity contribution in [3.63, 3.8) is 0 Å². The Morgan fingerprint density at radius 3 is 0.691 bits per heavy atom. The summed E-state index contributed by atoms with van der Waals surface area (Å²) in [6.07, 6.45) is 0. The van der Waals surface area contributed by atoms with Gasteiger partial charge in [0.05, 0.1) is 0 Å². The van der Waals surface area contributed by atoms with E-state index < -0.39 is 0 Å². The van der Waals surface area contributed by atoms with Crippen LogP contribution in [0.3, 0.4) is 0 Å². The molecular formula is C62H78Mo2N4-2. The van der Waals surface area contributed by atoms with Gasteiger partial charge in [0.1, 0.15) is 0 Å². The monoisotopic (exact) mass is 1070 g/mol. The quantitative estimate of drug-likeness (QED) is 0.0593. The molecule has 0 radical (unpaired) electrons. The van der Waals surface area contributed by atoms with Crippen LogP contribution in [0, 0.1) is 0 Å². The Hall–Kier alpha value is -4.36. The van der Waals surface area contributed by atoms with E-state index in [0.29, 0.717) is 47.3 Å². The molecule has 0 aliphatic carbocycles. The van der Waals surface area contributed by atoms with E-state index in [2.05, 4.69) is 232 Å². The molecule has 0 bridgehead atoms. The molecule has 6 heteroatoms. The Balaban J connectivity index is 0.000000350. The van der Waals surface area contributed by atoms with Crippen LogP contribution in [0.2, 0.25) is 0 Å². The number of benzene rings is 6. The van der Waals surface area contributed by atoms with E-state index in [1.165, 1.54) is 44.5 Å². The van der Waals surface area contributed by atoms with Gasteiger partial charge in [-0.05, 0) is 126 Å². The van der Waals surface area contributed by atoms with Crippen molar-refractivity contribution in [1.29, 1.82) is 0 Å². The van der Waals surface area contributed by atoms with E-state index in [0.717, 1.165) is 45.5 Å². The van der Waals surface area contributed by atoms with Gasteiger partial charge in [-0.15, -0.1) is 0 Å². The summed E-state index contributed by atoms with van der Waals surface area (Å²) in [6.45, 7) is 35.8. The summed E-state index contributed by atoms with van der Waals surface area (Å²) in [7, 11) is 0. The zero-order chi connectivity index (χ0) is 48.2. The number of nitrogens with zero attached hydrogens (tertiary/aromatic N) is 4. The standard InChI is InChI=1S/2C31H39N2.2Mo/c2*1-20(2)25-16-12-17-26(21(3)4)29(25)32-31(24-14-10-9-11-15-24)33-30-27(22(5)6)18-13-19-28(30)23(7)8;;/h2*9-23H,1-8H3;;/q2*-1;;. The number of para-hydroxylation sites is 4. The minimum absolute atomic E-state index is 0. The SMILES string of the molecule is CC(C)c1cccc(C(C)C)c1N=C([N-]c1c(C(C)C)cccc1C(C)C)c1ccccc1.CC(C)c1cccc(C(C)C)c1N=C([N-]c1c(C(C)C)cccc1C(C)C)c1ccccc1.[Mo].[Mo]. The first-order chi connectivity index (χ1) is 31.4. The summed E-state index contributed by atoms with van der Waals surface area (Å²) < 4.78 is 0. The number of hydrogen-bond donors (Lipinski definition) is 0. The summed E-state index contributed by atoms with van der Waals surface area (Å²) in [5, 5.41) is 10.6. The van der Waals surface area contributed by atoms with E-state index in [-0.39, 0.29) is 42.1 Å². The fraction of sp³-hybridized carbons (Fsp3) is 0.387. The van der Waals surface area contributed by atoms with Crippen molar-refractivity contribution in [2.45, 2.75) is 158 Å². The predicted octanol–water partition coefficient (Wildman–Crippen LogP) is 19.9. The first kappa shape index (κ1) is 58.0. The minimum atomic E-state index is 0. The molecule has 0 spiro atoms. The van der Waals surface area contributed by atoms with Gasteiger partial charge in [0.25, 0.3) is 0 Å². The third kappa shape index (κ3) is 14.8. The fourth-order valence-corrected chi connectivity index (χ4v) is 8.47. The molecule has 0 fully saturated rings. The van der Waals surface area contributed by atoms with Crippen molar-refractivity contribution in [3.8, 4) is 0 Å². The van der Waals surface area contributed by atoms with Crippen molar-refractivity contribution >= 4 is 34.4 Å². The van der Waals surface area contributed by atoms with Crippen LogP contribution in [0.4, 0.5) is 22.7 Å². The fourth-order valence-electron chi connectivity index (χ4n) is 8.47. The van der Waals surface area contributed by atoms with Crippen molar-refractivity contribution in [2.24, 2.45) is 9.98 Å². The maximum absolute atomic E-state index is 5.32. The molecule has 0 saturated carbocycles. The predicted molar refractivity (Wildman–Crippen MR) is 290 cm³/mol. The average molecular weight is 1070 g/mol. The third-order valence-corrected chi connectivity index (χ3v) is 12.3. The number of amidine groups is 2. The van der Waals surface area contributed by atoms with E-state index in [1.54, 1.807) is 0 Å². The average Bonchev–Trinajstić information content (AvgIpc) is 3.28. The smallest absolute Gasteiger partial charge is 0 e. The van der Waals surface area contributed by atoms with Gasteiger partial charge in [-0.2, -0.15) is 0 Å². The molecular weight excluding hydrogens is 993 g/mol. The van der Waals surface area contributed by atoms with Crippen LogP contribution in [0.25, 0.3) is 10.6 Å².